The van der Waals surface area contributed by atoms with Crippen LogP contribution in [0.15, 0.2) is 24.3 Å². The Bertz CT molecular complexity index is 789. The van der Waals surface area contributed by atoms with Crippen molar-refractivity contribution in [2.75, 3.05) is 5.32 Å². The van der Waals surface area contributed by atoms with Crippen molar-refractivity contribution in [2.24, 2.45) is 17.8 Å². The lowest BCUT2D eigenvalue weighted by atomic mass is 10.2. The lowest BCUT2D eigenvalue weighted by molar-refractivity contribution is -0.117. The molecule has 0 aliphatic heterocycles. The molecule has 2 saturated carbocycles. The highest BCUT2D eigenvalue weighted by molar-refractivity contribution is 7.71. The molecule has 114 valence electrons. The molecule has 5 nitrogen and oxygen atoms in total. The quantitative estimate of drug-likeness (QED) is 0.852. The van der Waals surface area contributed by atoms with Crippen LogP contribution in [0.5, 0.6) is 0 Å². The normalized spacial score (nSPS) is 23.3. The first-order valence-corrected chi connectivity index (χ1v) is 8.09. The lowest BCUT2D eigenvalue weighted by Crippen LogP contribution is -2.15. The van der Waals surface area contributed by atoms with Gasteiger partial charge in [0.2, 0.25) is 5.91 Å². The van der Waals surface area contributed by atoms with E-state index < -0.39 is 0 Å². The summed E-state index contributed by atoms with van der Waals surface area (Å²) in [7, 11) is 0. The Morgan fingerprint density at radius 3 is 2.95 bits per heavy atom. The topological polar surface area (TPSA) is 62.7 Å². The largest absolute Gasteiger partial charge is 0.326 e. The Balaban J connectivity index is 1.52. The number of carbonyl (C=O) groups is 1. The van der Waals surface area contributed by atoms with Crippen LogP contribution in [0.25, 0.3) is 5.69 Å². The van der Waals surface area contributed by atoms with Crippen molar-refractivity contribution in [1.29, 1.82) is 0 Å². The van der Waals surface area contributed by atoms with E-state index in [0.29, 0.717) is 10.7 Å². The Hall–Kier alpha value is -1.95. The van der Waals surface area contributed by atoms with E-state index in [0.717, 1.165) is 29.5 Å². The van der Waals surface area contributed by atoms with Crippen LogP contribution < -0.4 is 5.32 Å². The zero-order valence-electron chi connectivity index (χ0n) is 12.4. The van der Waals surface area contributed by atoms with Crippen LogP contribution in [-0.4, -0.2) is 20.7 Å². The summed E-state index contributed by atoms with van der Waals surface area (Å²) >= 11 is 5.25. The summed E-state index contributed by atoms with van der Waals surface area (Å²) in [6.07, 6.45) is 3.67. The van der Waals surface area contributed by atoms with Crippen molar-refractivity contribution in [1.82, 2.24) is 14.8 Å². The number of aromatic nitrogens is 3. The van der Waals surface area contributed by atoms with E-state index in [-0.39, 0.29) is 11.8 Å². The minimum absolute atomic E-state index is 0.154. The molecule has 0 bridgehead atoms. The molecule has 0 saturated heterocycles. The van der Waals surface area contributed by atoms with Gasteiger partial charge in [-0.15, -0.1) is 0 Å². The molecule has 0 spiro atoms. The molecule has 2 fully saturated rings. The highest BCUT2D eigenvalue weighted by atomic mass is 32.1. The number of amides is 1. The summed E-state index contributed by atoms with van der Waals surface area (Å²) in [6, 6.07) is 7.72. The maximum Gasteiger partial charge on any atom is 0.227 e. The van der Waals surface area contributed by atoms with Crippen molar-refractivity contribution in [3.63, 3.8) is 0 Å². The number of nitrogens with zero attached hydrogens (tertiary/aromatic N) is 2. The van der Waals surface area contributed by atoms with E-state index in [9.17, 15) is 4.79 Å². The van der Waals surface area contributed by atoms with Crippen LogP contribution >= 0.6 is 12.2 Å². The van der Waals surface area contributed by atoms with Crippen molar-refractivity contribution in [2.45, 2.75) is 26.2 Å². The first-order chi connectivity index (χ1) is 10.6. The zero-order valence-corrected chi connectivity index (χ0v) is 13.2. The van der Waals surface area contributed by atoms with E-state index in [1.807, 2.05) is 35.8 Å². The number of hydrogen-bond donors (Lipinski definition) is 2. The molecule has 6 heteroatoms. The lowest BCUT2D eigenvalue weighted by Gasteiger charge is -2.09. The van der Waals surface area contributed by atoms with Gasteiger partial charge in [0.15, 0.2) is 4.77 Å². The average molecular weight is 314 g/mol. The van der Waals surface area contributed by atoms with Crippen molar-refractivity contribution >= 4 is 23.8 Å². The molecule has 2 aromatic rings. The van der Waals surface area contributed by atoms with Crippen LogP contribution in [0.2, 0.25) is 0 Å². The Morgan fingerprint density at radius 2 is 2.27 bits per heavy atom. The molecule has 0 radical (unpaired) electrons. The van der Waals surface area contributed by atoms with Crippen LogP contribution in [0, 0.1) is 29.4 Å². The predicted molar refractivity (Wildman–Crippen MR) is 86.4 cm³/mol. The van der Waals surface area contributed by atoms with E-state index >= 15 is 0 Å². The van der Waals surface area contributed by atoms with Crippen molar-refractivity contribution < 1.29 is 4.79 Å². The van der Waals surface area contributed by atoms with E-state index in [2.05, 4.69) is 15.5 Å². The second-order valence-electron chi connectivity index (χ2n) is 6.29. The Morgan fingerprint density at radius 1 is 1.45 bits per heavy atom. The molecule has 1 aromatic heterocycles. The van der Waals surface area contributed by atoms with Gasteiger partial charge in [0.25, 0.3) is 0 Å². The number of carbonyl (C=O) groups excluding carboxylic acids is 1. The summed E-state index contributed by atoms with van der Waals surface area (Å²) in [6.45, 7) is 1.89. The first kappa shape index (κ1) is 13.7. The molecule has 1 heterocycles. The highest BCUT2D eigenvalue weighted by Crippen LogP contribution is 2.54. The van der Waals surface area contributed by atoms with Gasteiger partial charge in [0.1, 0.15) is 5.82 Å². The fourth-order valence-electron chi connectivity index (χ4n) is 3.20. The molecule has 1 amide bonds. The number of H-pyrrole nitrogens is 1. The SMILES string of the molecule is Cc1n[nH]c(=S)n1-c1cccc(NC(=O)C2CC2C2CC2)c1. The number of aryl methyl sites for hydroxylation is 1. The van der Waals surface area contributed by atoms with Gasteiger partial charge in [-0.3, -0.25) is 14.5 Å². The second kappa shape index (κ2) is 5.05. The van der Waals surface area contributed by atoms with Crippen molar-refractivity contribution in [3.8, 4) is 5.69 Å². The van der Waals surface area contributed by atoms with Gasteiger partial charge < -0.3 is 5.32 Å². The summed E-state index contributed by atoms with van der Waals surface area (Å²) in [4.78, 5) is 12.3. The fraction of sp³-hybridized carbons (Fsp3) is 0.438. The first-order valence-electron chi connectivity index (χ1n) is 7.69. The Labute approximate surface area is 133 Å². The minimum Gasteiger partial charge on any atom is -0.326 e. The number of benzene rings is 1. The predicted octanol–water partition coefficient (Wildman–Crippen LogP) is 3.22. The number of aromatic amines is 1. The monoisotopic (exact) mass is 314 g/mol. The smallest absolute Gasteiger partial charge is 0.227 e. The number of nitrogens with one attached hydrogen (secondary N) is 2. The van der Waals surface area contributed by atoms with Crippen molar-refractivity contribution in [3.05, 3.63) is 34.9 Å². The minimum atomic E-state index is 0.154. The van der Waals surface area contributed by atoms with Crippen LogP contribution in [-0.2, 0) is 4.79 Å². The second-order valence-corrected chi connectivity index (χ2v) is 6.68. The van der Waals surface area contributed by atoms with E-state index in [1.54, 1.807) is 0 Å². The van der Waals surface area contributed by atoms with Gasteiger partial charge in [0, 0.05) is 11.6 Å². The summed E-state index contributed by atoms with van der Waals surface area (Å²) in [5, 5.41) is 9.93. The van der Waals surface area contributed by atoms with Crippen LogP contribution in [0.4, 0.5) is 5.69 Å². The number of anilines is 1. The third-order valence-electron chi connectivity index (χ3n) is 4.62. The molecule has 4 rings (SSSR count). The summed E-state index contributed by atoms with van der Waals surface area (Å²) in [5.74, 6) is 2.61. The summed E-state index contributed by atoms with van der Waals surface area (Å²) in [5.41, 5.74) is 1.72. The molecule has 2 atom stereocenters. The van der Waals surface area contributed by atoms with Gasteiger partial charge in [-0.1, -0.05) is 6.07 Å². The summed E-state index contributed by atoms with van der Waals surface area (Å²) < 4.78 is 2.41. The molecule has 2 N–H and O–H groups in total. The highest BCUT2D eigenvalue weighted by Gasteiger charge is 2.51. The van der Waals surface area contributed by atoms with Gasteiger partial charge in [0.05, 0.1) is 5.69 Å². The average Bonchev–Trinajstić information content (AvgIpc) is 3.36. The molecule has 22 heavy (non-hydrogen) atoms. The van der Waals surface area contributed by atoms with E-state index in [1.165, 1.54) is 12.8 Å². The van der Waals surface area contributed by atoms with Gasteiger partial charge in [-0.25, -0.2) is 0 Å². The van der Waals surface area contributed by atoms with Crippen LogP contribution in [0.3, 0.4) is 0 Å². The van der Waals surface area contributed by atoms with Crippen LogP contribution in [0.1, 0.15) is 25.1 Å². The third kappa shape index (κ3) is 2.47. The number of hydrogen-bond acceptors (Lipinski definition) is 3. The molecule has 1 aromatic carbocycles. The van der Waals surface area contributed by atoms with Gasteiger partial charge >= 0.3 is 0 Å². The fourth-order valence-corrected chi connectivity index (χ4v) is 3.48. The molecule has 2 aliphatic carbocycles. The van der Waals surface area contributed by atoms with Gasteiger partial charge in [-0.2, -0.15) is 5.10 Å². The molecule has 2 aliphatic rings. The Kier molecular flexibility index (Phi) is 3.14. The standard InChI is InChI=1S/C16H18N4OS/c1-9-18-19-16(22)20(9)12-4-2-3-11(7-12)17-15(21)14-8-13(14)10-5-6-10/h2-4,7,10,13-14H,5-6,8H2,1H3,(H,17,21)(H,19,22). The molecular weight excluding hydrogens is 296 g/mol. The molecule has 2 unspecified atom stereocenters. The maximum absolute atomic E-state index is 12.3. The van der Waals surface area contributed by atoms with Gasteiger partial charge in [-0.05, 0) is 68.4 Å². The van der Waals surface area contributed by atoms with E-state index in [4.69, 9.17) is 12.2 Å². The molecular formula is C16H18N4OS. The zero-order chi connectivity index (χ0) is 15.3. The maximum atomic E-state index is 12.3. The third-order valence-corrected chi connectivity index (χ3v) is 4.89. The number of rotatable bonds is 4.